The second-order valence-electron chi connectivity index (χ2n) is 8.87. The van der Waals surface area contributed by atoms with Crippen molar-refractivity contribution >= 4 is 23.4 Å². The van der Waals surface area contributed by atoms with Crippen molar-refractivity contribution in [2.75, 3.05) is 25.0 Å². The Bertz CT molecular complexity index is 1080. The van der Waals surface area contributed by atoms with Gasteiger partial charge in [0.25, 0.3) is 0 Å². The van der Waals surface area contributed by atoms with Gasteiger partial charge in [0.2, 0.25) is 5.91 Å². The summed E-state index contributed by atoms with van der Waals surface area (Å²) in [5, 5.41) is 3.19. The second-order valence-corrected chi connectivity index (χ2v) is 9.92. The molecule has 0 atom stereocenters. The summed E-state index contributed by atoms with van der Waals surface area (Å²) in [5.41, 5.74) is 4.57. The van der Waals surface area contributed by atoms with E-state index in [-0.39, 0.29) is 11.8 Å². The second kappa shape index (κ2) is 12.1. The van der Waals surface area contributed by atoms with E-state index in [0.717, 1.165) is 55.2 Å². The van der Waals surface area contributed by atoms with E-state index in [1.54, 1.807) is 0 Å². The van der Waals surface area contributed by atoms with Gasteiger partial charge in [-0.1, -0.05) is 42.5 Å². The number of amides is 1. The Morgan fingerprint density at radius 2 is 1.79 bits per heavy atom. The highest BCUT2D eigenvalue weighted by Crippen LogP contribution is 2.26. The number of carbonyl (C=O) groups is 1. The molecule has 1 N–H and O–H groups in total. The predicted molar refractivity (Wildman–Crippen MR) is 141 cm³/mol. The van der Waals surface area contributed by atoms with Crippen LogP contribution < -0.4 is 10.1 Å². The number of thioether (sulfide) groups is 1. The topological polar surface area (TPSA) is 41.6 Å². The Morgan fingerprint density at radius 3 is 2.53 bits per heavy atom. The summed E-state index contributed by atoms with van der Waals surface area (Å²) >= 11 is 1.83. The molecule has 0 radical (unpaired) electrons. The number of likely N-dealkylation sites (tertiary alicyclic amines) is 1. The predicted octanol–water partition coefficient (Wildman–Crippen LogP) is 6.54. The van der Waals surface area contributed by atoms with Gasteiger partial charge in [0, 0.05) is 28.8 Å². The number of piperidine rings is 1. The first-order valence-corrected chi connectivity index (χ1v) is 13.1. The van der Waals surface area contributed by atoms with Gasteiger partial charge in [-0.25, -0.2) is 0 Å². The lowest BCUT2D eigenvalue weighted by Gasteiger charge is -2.31. The van der Waals surface area contributed by atoms with Crippen LogP contribution in [0.15, 0.2) is 77.7 Å². The summed E-state index contributed by atoms with van der Waals surface area (Å²) < 4.78 is 5.62. The van der Waals surface area contributed by atoms with Gasteiger partial charge in [-0.2, -0.15) is 0 Å². The first-order chi connectivity index (χ1) is 16.6. The zero-order chi connectivity index (χ0) is 23.8. The zero-order valence-electron chi connectivity index (χ0n) is 20.1. The Kier molecular flexibility index (Phi) is 8.67. The molecule has 0 saturated carbocycles. The van der Waals surface area contributed by atoms with Gasteiger partial charge in [0.15, 0.2) is 0 Å². The summed E-state index contributed by atoms with van der Waals surface area (Å²) in [5.74, 6) is 2.06. The molecule has 0 aromatic heterocycles. The molecule has 5 heteroatoms. The van der Waals surface area contributed by atoms with Crippen molar-refractivity contribution in [1.82, 2.24) is 4.90 Å². The maximum absolute atomic E-state index is 12.9. The van der Waals surface area contributed by atoms with Crippen molar-refractivity contribution in [1.29, 1.82) is 0 Å². The van der Waals surface area contributed by atoms with Gasteiger partial charge in [-0.05, 0) is 86.8 Å². The molecule has 0 spiro atoms. The van der Waals surface area contributed by atoms with Crippen LogP contribution in [0.25, 0.3) is 0 Å². The summed E-state index contributed by atoms with van der Waals surface area (Å²) in [6, 6.07) is 25.1. The lowest BCUT2D eigenvalue weighted by atomic mass is 9.95. The standard InChI is InChI=1S/C29H34N2O2S/c1-3-33-26-9-7-8-23(19-26)20-31-16-14-25(15-17-31)29(32)30-28-13-12-24(18-22(28)2)21-34-27-10-5-4-6-11-27/h4-13,18-19,25H,3,14-17,20-21H2,1-2H3,(H,30,32). The number of benzene rings is 3. The van der Waals surface area contributed by atoms with E-state index in [9.17, 15) is 4.79 Å². The van der Waals surface area contributed by atoms with E-state index in [1.165, 1.54) is 16.0 Å². The van der Waals surface area contributed by atoms with Gasteiger partial charge >= 0.3 is 0 Å². The van der Waals surface area contributed by atoms with Crippen LogP contribution in [-0.2, 0) is 17.1 Å². The lowest BCUT2D eigenvalue weighted by Crippen LogP contribution is -2.37. The van der Waals surface area contributed by atoms with Crippen molar-refractivity contribution in [3.05, 3.63) is 89.5 Å². The molecule has 4 nitrogen and oxygen atoms in total. The van der Waals surface area contributed by atoms with Crippen molar-refractivity contribution in [2.24, 2.45) is 5.92 Å². The highest BCUT2D eigenvalue weighted by Gasteiger charge is 2.25. The lowest BCUT2D eigenvalue weighted by molar-refractivity contribution is -0.121. The minimum absolute atomic E-state index is 0.0683. The van der Waals surface area contributed by atoms with Crippen molar-refractivity contribution in [3.63, 3.8) is 0 Å². The fourth-order valence-corrected chi connectivity index (χ4v) is 5.25. The fraction of sp³-hybridized carbons (Fsp3) is 0.345. The Labute approximate surface area is 207 Å². The van der Waals surface area contributed by atoms with Crippen LogP contribution in [0, 0.1) is 12.8 Å². The third-order valence-corrected chi connectivity index (χ3v) is 7.35. The highest BCUT2D eigenvalue weighted by atomic mass is 32.2. The van der Waals surface area contributed by atoms with Gasteiger partial charge in [-0.3, -0.25) is 9.69 Å². The number of aryl methyl sites for hydroxylation is 1. The molecule has 3 aromatic rings. The smallest absolute Gasteiger partial charge is 0.227 e. The zero-order valence-corrected chi connectivity index (χ0v) is 20.9. The molecule has 3 aromatic carbocycles. The maximum Gasteiger partial charge on any atom is 0.227 e. The fourth-order valence-electron chi connectivity index (χ4n) is 4.39. The van der Waals surface area contributed by atoms with E-state index in [2.05, 4.69) is 77.8 Å². The average Bonchev–Trinajstić information content (AvgIpc) is 2.86. The number of nitrogens with zero attached hydrogens (tertiary/aromatic N) is 1. The van der Waals surface area contributed by atoms with E-state index in [1.807, 2.05) is 30.8 Å². The van der Waals surface area contributed by atoms with Crippen LogP contribution in [0.4, 0.5) is 5.69 Å². The molecule has 1 heterocycles. The number of carbonyl (C=O) groups excluding carboxylic acids is 1. The molecule has 0 bridgehead atoms. The molecule has 1 aliphatic heterocycles. The largest absolute Gasteiger partial charge is 0.494 e. The van der Waals surface area contributed by atoms with Gasteiger partial charge in [0.05, 0.1) is 6.61 Å². The van der Waals surface area contributed by atoms with Gasteiger partial charge < -0.3 is 10.1 Å². The minimum Gasteiger partial charge on any atom is -0.494 e. The van der Waals surface area contributed by atoms with E-state index < -0.39 is 0 Å². The van der Waals surface area contributed by atoms with E-state index in [4.69, 9.17) is 4.74 Å². The Balaban J connectivity index is 1.25. The number of anilines is 1. The molecule has 178 valence electrons. The first-order valence-electron chi connectivity index (χ1n) is 12.1. The molecule has 1 fully saturated rings. The molecule has 0 aliphatic carbocycles. The SMILES string of the molecule is CCOc1cccc(CN2CCC(C(=O)Nc3ccc(CSc4ccccc4)cc3C)CC2)c1. The molecule has 4 rings (SSSR count). The van der Waals surface area contributed by atoms with Crippen molar-refractivity contribution < 1.29 is 9.53 Å². The molecular weight excluding hydrogens is 440 g/mol. The maximum atomic E-state index is 12.9. The molecule has 34 heavy (non-hydrogen) atoms. The van der Waals surface area contributed by atoms with Crippen LogP contribution in [0.3, 0.4) is 0 Å². The molecule has 0 unspecified atom stereocenters. The molecule has 1 amide bonds. The van der Waals surface area contributed by atoms with Crippen LogP contribution in [0.1, 0.15) is 36.5 Å². The quantitative estimate of drug-likeness (QED) is 0.358. The molecular formula is C29H34N2O2S. The van der Waals surface area contributed by atoms with Crippen LogP contribution in [0.5, 0.6) is 5.75 Å². The highest BCUT2D eigenvalue weighted by molar-refractivity contribution is 7.98. The molecule has 1 aliphatic rings. The average molecular weight is 475 g/mol. The number of hydrogen-bond acceptors (Lipinski definition) is 4. The number of rotatable bonds is 9. The Hall–Kier alpha value is -2.76. The number of hydrogen-bond donors (Lipinski definition) is 1. The van der Waals surface area contributed by atoms with Crippen LogP contribution >= 0.6 is 11.8 Å². The van der Waals surface area contributed by atoms with E-state index in [0.29, 0.717) is 6.61 Å². The number of nitrogens with one attached hydrogen (secondary N) is 1. The third-order valence-electron chi connectivity index (χ3n) is 6.27. The van der Waals surface area contributed by atoms with Crippen LogP contribution in [-0.4, -0.2) is 30.5 Å². The monoisotopic (exact) mass is 474 g/mol. The normalized spacial score (nSPS) is 14.6. The van der Waals surface area contributed by atoms with Crippen LogP contribution in [0.2, 0.25) is 0 Å². The van der Waals surface area contributed by atoms with Gasteiger partial charge in [-0.15, -0.1) is 11.8 Å². The minimum atomic E-state index is 0.0683. The summed E-state index contributed by atoms with van der Waals surface area (Å²) in [4.78, 5) is 16.6. The third kappa shape index (κ3) is 6.87. The summed E-state index contributed by atoms with van der Waals surface area (Å²) in [6.07, 6.45) is 1.78. The number of ether oxygens (including phenoxy) is 1. The van der Waals surface area contributed by atoms with Gasteiger partial charge in [0.1, 0.15) is 5.75 Å². The first kappa shape index (κ1) is 24.4. The Morgan fingerprint density at radius 1 is 1.00 bits per heavy atom. The van der Waals surface area contributed by atoms with E-state index >= 15 is 0 Å². The van der Waals surface area contributed by atoms with Crippen molar-refractivity contribution in [3.8, 4) is 5.75 Å². The molecule has 1 saturated heterocycles. The summed E-state index contributed by atoms with van der Waals surface area (Å²) in [7, 11) is 0. The summed E-state index contributed by atoms with van der Waals surface area (Å²) in [6.45, 7) is 7.53. The van der Waals surface area contributed by atoms with Crippen molar-refractivity contribution in [2.45, 2.75) is 43.9 Å².